The van der Waals surface area contributed by atoms with E-state index in [1.54, 1.807) is 18.3 Å². The van der Waals surface area contributed by atoms with Crippen molar-refractivity contribution in [1.29, 1.82) is 0 Å². The predicted molar refractivity (Wildman–Crippen MR) is 79.5 cm³/mol. The molecular weight excluding hydrogens is 462 g/mol. The SMILES string of the molecule is Fc1cccc(F)c1B1c2ccc[c-]c2-c2ncccc21.[Pt]. The number of hydrogen-bond donors (Lipinski definition) is 0. The Balaban J connectivity index is 0.00000144. The van der Waals surface area contributed by atoms with Gasteiger partial charge in [0.2, 0.25) is 0 Å². The van der Waals surface area contributed by atoms with Crippen LogP contribution in [0.5, 0.6) is 0 Å². The second kappa shape index (κ2) is 5.77. The number of rotatable bonds is 1. The van der Waals surface area contributed by atoms with E-state index in [9.17, 15) is 8.78 Å². The maximum atomic E-state index is 14.2. The van der Waals surface area contributed by atoms with Crippen LogP contribution in [0.15, 0.2) is 54.7 Å². The summed E-state index contributed by atoms with van der Waals surface area (Å²) >= 11 is 0. The molecule has 0 saturated carbocycles. The van der Waals surface area contributed by atoms with Gasteiger partial charge in [0.1, 0.15) is 11.6 Å². The summed E-state index contributed by atoms with van der Waals surface area (Å²) in [6, 6.07) is 16.3. The van der Waals surface area contributed by atoms with E-state index in [0.29, 0.717) is 0 Å². The molecule has 0 atom stereocenters. The Hall–Kier alpha value is -1.80. The Morgan fingerprint density at radius 1 is 0.909 bits per heavy atom. The van der Waals surface area contributed by atoms with Gasteiger partial charge in [0.25, 0.3) is 0 Å². The molecule has 5 heteroatoms. The van der Waals surface area contributed by atoms with Crippen LogP contribution >= 0.6 is 0 Å². The van der Waals surface area contributed by atoms with Crippen molar-refractivity contribution < 1.29 is 29.8 Å². The molecule has 2 aromatic carbocycles. The number of hydrogen-bond acceptors (Lipinski definition) is 1. The first-order valence-corrected chi connectivity index (χ1v) is 6.67. The fraction of sp³-hybridized carbons (Fsp3) is 0. The quantitative estimate of drug-likeness (QED) is 0.304. The molecule has 1 aromatic heterocycles. The van der Waals surface area contributed by atoms with Crippen LogP contribution in [0.4, 0.5) is 8.78 Å². The van der Waals surface area contributed by atoms with Gasteiger partial charge in [-0.2, -0.15) is 0 Å². The van der Waals surface area contributed by atoms with E-state index in [2.05, 4.69) is 11.1 Å². The summed E-state index contributed by atoms with van der Waals surface area (Å²) < 4.78 is 28.4. The van der Waals surface area contributed by atoms with Crippen LogP contribution in [0.25, 0.3) is 11.3 Å². The van der Waals surface area contributed by atoms with Crippen molar-refractivity contribution in [2.24, 2.45) is 0 Å². The Morgan fingerprint density at radius 2 is 1.64 bits per heavy atom. The van der Waals surface area contributed by atoms with Crippen molar-refractivity contribution in [3.63, 3.8) is 0 Å². The van der Waals surface area contributed by atoms with Gasteiger partial charge in [0.05, 0.1) is 0 Å². The standard InChI is InChI=1S/C17H9BF2N.Pt/c19-14-8-3-9-15(20)16(14)18-12-6-2-1-5-11(12)17-13(18)7-4-10-21-17;/h1-4,6-10H;/q-1;. The second-order valence-corrected chi connectivity index (χ2v) is 5.01. The fourth-order valence-electron chi connectivity index (χ4n) is 3.02. The maximum Gasteiger partial charge on any atom is 0.189 e. The molecule has 4 rings (SSSR count). The third-order valence-corrected chi connectivity index (χ3v) is 3.87. The molecule has 0 radical (unpaired) electrons. The van der Waals surface area contributed by atoms with Crippen molar-refractivity contribution in [2.75, 3.05) is 0 Å². The molecule has 2 heterocycles. The number of halogens is 2. The number of benzene rings is 2. The summed E-state index contributed by atoms with van der Waals surface area (Å²) in [4.78, 5) is 4.36. The minimum atomic E-state index is -0.536. The topological polar surface area (TPSA) is 12.9 Å². The van der Waals surface area contributed by atoms with Crippen LogP contribution in [0.2, 0.25) is 0 Å². The van der Waals surface area contributed by atoms with Crippen LogP contribution in [0, 0.1) is 17.7 Å². The molecule has 1 aliphatic rings. The van der Waals surface area contributed by atoms with Crippen molar-refractivity contribution in [3.8, 4) is 11.3 Å². The van der Waals surface area contributed by atoms with Crippen molar-refractivity contribution in [1.82, 2.24) is 4.98 Å². The molecule has 0 amide bonds. The molecule has 22 heavy (non-hydrogen) atoms. The average molecular weight is 471 g/mol. The molecule has 0 saturated heterocycles. The Morgan fingerprint density at radius 3 is 2.41 bits per heavy atom. The minimum absolute atomic E-state index is 0. The largest absolute Gasteiger partial charge is 0.305 e. The summed E-state index contributed by atoms with van der Waals surface area (Å²) in [6.07, 6.45) is 1.68. The smallest absolute Gasteiger partial charge is 0.189 e. The van der Waals surface area contributed by atoms with E-state index >= 15 is 0 Å². The van der Waals surface area contributed by atoms with Crippen LogP contribution < -0.4 is 16.4 Å². The first-order chi connectivity index (χ1) is 10.3. The van der Waals surface area contributed by atoms with E-state index < -0.39 is 18.3 Å². The third-order valence-electron chi connectivity index (χ3n) is 3.87. The van der Waals surface area contributed by atoms with Gasteiger partial charge in [-0.05, 0) is 29.4 Å². The Labute approximate surface area is 141 Å². The number of nitrogens with zero attached hydrogens (tertiary/aromatic N) is 1. The molecule has 0 spiro atoms. The van der Waals surface area contributed by atoms with Gasteiger partial charge in [0, 0.05) is 27.3 Å². The van der Waals surface area contributed by atoms with Crippen molar-refractivity contribution in [2.45, 2.75) is 0 Å². The fourth-order valence-corrected chi connectivity index (χ4v) is 3.02. The van der Waals surface area contributed by atoms with E-state index in [1.165, 1.54) is 18.2 Å². The molecule has 0 aliphatic carbocycles. The molecule has 1 nitrogen and oxygen atoms in total. The molecule has 1 aliphatic heterocycles. The van der Waals surface area contributed by atoms with Gasteiger partial charge < -0.3 is 4.98 Å². The summed E-state index contributed by atoms with van der Waals surface area (Å²) in [7, 11) is 0. The Bertz CT molecular complexity index is 788. The van der Waals surface area contributed by atoms with Gasteiger partial charge in [-0.3, -0.25) is 0 Å². The summed E-state index contributed by atoms with van der Waals surface area (Å²) in [5, 5.41) is 0. The summed E-state index contributed by atoms with van der Waals surface area (Å²) in [5.41, 5.74) is 3.31. The van der Waals surface area contributed by atoms with E-state index in [-0.39, 0.29) is 26.5 Å². The van der Waals surface area contributed by atoms with Crippen molar-refractivity contribution >= 4 is 23.1 Å². The molecule has 0 bridgehead atoms. The van der Waals surface area contributed by atoms with Gasteiger partial charge in [0.15, 0.2) is 6.71 Å². The zero-order valence-corrected chi connectivity index (χ0v) is 13.6. The molecular formula is C17H9BF2NPt-. The first kappa shape index (κ1) is 15.1. The van der Waals surface area contributed by atoms with E-state index in [0.717, 1.165) is 22.2 Å². The van der Waals surface area contributed by atoms with E-state index in [4.69, 9.17) is 0 Å². The first-order valence-electron chi connectivity index (χ1n) is 6.67. The second-order valence-electron chi connectivity index (χ2n) is 5.01. The van der Waals surface area contributed by atoms with Crippen LogP contribution in [0.3, 0.4) is 0 Å². The number of aromatic nitrogens is 1. The summed E-state index contributed by atoms with van der Waals surface area (Å²) in [5.74, 6) is -1.07. The average Bonchev–Trinajstić information content (AvgIpc) is 2.83. The zero-order chi connectivity index (χ0) is 14.4. The Kier molecular flexibility index (Phi) is 3.96. The zero-order valence-electron chi connectivity index (χ0n) is 11.3. The molecule has 0 fully saturated rings. The normalized spacial score (nSPS) is 11.6. The van der Waals surface area contributed by atoms with Crippen LogP contribution in [-0.4, -0.2) is 11.7 Å². The van der Waals surface area contributed by atoms with Gasteiger partial charge in [-0.1, -0.05) is 17.6 Å². The third kappa shape index (κ3) is 2.14. The molecule has 3 aromatic rings. The molecule has 0 N–H and O–H groups in total. The van der Waals surface area contributed by atoms with Crippen LogP contribution in [-0.2, 0) is 21.1 Å². The molecule has 0 unspecified atom stereocenters. The minimum Gasteiger partial charge on any atom is -0.305 e. The van der Waals surface area contributed by atoms with Crippen molar-refractivity contribution in [3.05, 3.63) is 72.4 Å². The number of pyridine rings is 1. The van der Waals surface area contributed by atoms with Gasteiger partial charge in [-0.25, -0.2) is 8.78 Å². The molecule has 110 valence electrons. The maximum absolute atomic E-state index is 14.2. The monoisotopic (exact) mass is 471 g/mol. The van der Waals surface area contributed by atoms with Crippen LogP contribution in [0.1, 0.15) is 0 Å². The van der Waals surface area contributed by atoms with E-state index in [1.807, 2.05) is 18.2 Å². The van der Waals surface area contributed by atoms with Gasteiger partial charge >= 0.3 is 0 Å². The summed E-state index contributed by atoms with van der Waals surface area (Å²) in [6.45, 7) is -0.470. The van der Waals surface area contributed by atoms with Gasteiger partial charge in [-0.15, -0.1) is 35.3 Å². The number of fused-ring (bicyclic) bond motifs is 3. The predicted octanol–water partition coefficient (Wildman–Crippen LogP) is 1.65.